The minimum Gasteiger partial charge on any atom is -0.383 e. The number of hydrogen-bond donors (Lipinski definition) is 0. The highest BCUT2D eigenvalue weighted by molar-refractivity contribution is 7.86. The van der Waals surface area contributed by atoms with Gasteiger partial charge in [-0.25, -0.2) is 4.39 Å². The minimum atomic E-state index is -3.57. The molecule has 0 saturated heterocycles. The number of rotatable bonds is 4. The molecule has 4 rings (SSSR count). The maximum absolute atomic E-state index is 14.9. The van der Waals surface area contributed by atoms with Gasteiger partial charge in [0.1, 0.15) is 11.9 Å². The third-order valence-corrected chi connectivity index (χ3v) is 5.56. The molecular formula is C23H18ClFO3S. The lowest BCUT2D eigenvalue weighted by atomic mass is 9.88. The molecule has 3 aromatic rings. The van der Waals surface area contributed by atoms with Gasteiger partial charge in [0, 0.05) is 11.4 Å². The number of alkyl halides is 1. The molecule has 0 saturated carbocycles. The maximum atomic E-state index is 14.9. The average molecular weight is 429 g/mol. The molecule has 1 aliphatic carbocycles. The summed E-state index contributed by atoms with van der Waals surface area (Å²) in [5.74, 6) is 0.268. The molecule has 3 nitrogen and oxygen atoms in total. The van der Waals surface area contributed by atoms with Crippen LogP contribution in [0, 0.1) is 0 Å². The van der Waals surface area contributed by atoms with Crippen molar-refractivity contribution in [1.29, 1.82) is 0 Å². The Labute approximate surface area is 174 Å². The van der Waals surface area contributed by atoms with Crippen molar-refractivity contribution in [3.63, 3.8) is 0 Å². The largest absolute Gasteiger partial charge is 0.383 e. The van der Waals surface area contributed by atoms with Gasteiger partial charge in [0.2, 0.25) is 0 Å². The molecule has 148 valence electrons. The predicted octanol–water partition coefficient (Wildman–Crippen LogP) is 6.04. The molecule has 1 unspecified atom stereocenters. The van der Waals surface area contributed by atoms with E-state index in [1.54, 1.807) is 30.3 Å². The normalized spacial score (nSPS) is 17.0. The molecule has 0 aliphatic heterocycles. The Kier molecular flexibility index (Phi) is 5.19. The zero-order chi connectivity index (χ0) is 20.6. The van der Waals surface area contributed by atoms with E-state index < -0.39 is 16.3 Å². The van der Waals surface area contributed by atoms with Gasteiger partial charge in [-0.3, -0.25) is 0 Å². The molecule has 29 heavy (non-hydrogen) atoms. The topological polar surface area (TPSA) is 43.4 Å². The van der Waals surface area contributed by atoms with Crippen LogP contribution in [0.2, 0.25) is 5.02 Å². The Morgan fingerprint density at radius 1 is 0.931 bits per heavy atom. The first-order valence-electron chi connectivity index (χ1n) is 9.03. The summed E-state index contributed by atoms with van der Waals surface area (Å²) in [6.45, 7) is 0. The molecular weight excluding hydrogens is 411 g/mol. The van der Waals surface area contributed by atoms with Gasteiger partial charge in [0.25, 0.3) is 0 Å². The lowest BCUT2D eigenvalue weighted by Gasteiger charge is -2.20. The summed E-state index contributed by atoms with van der Waals surface area (Å²) < 4.78 is 42.4. The van der Waals surface area contributed by atoms with Crippen LogP contribution in [-0.4, -0.2) is 20.8 Å². The van der Waals surface area contributed by atoms with E-state index in [1.807, 2.05) is 42.5 Å². The molecule has 0 fully saturated rings. The third-order valence-electron chi connectivity index (χ3n) is 4.81. The van der Waals surface area contributed by atoms with Gasteiger partial charge >= 0.3 is 10.1 Å². The van der Waals surface area contributed by atoms with Crippen molar-refractivity contribution >= 4 is 43.6 Å². The second kappa shape index (κ2) is 7.65. The van der Waals surface area contributed by atoms with Crippen molar-refractivity contribution in [3.05, 3.63) is 89.0 Å². The summed E-state index contributed by atoms with van der Waals surface area (Å²) in [7, 11) is -3.57. The quantitative estimate of drug-likeness (QED) is 0.476. The SMILES string of the molecule is CS(=O)(=O)Oc1ccc2cc(C3=CC=C(c4ccc(Cl)cc4)C(F)C3)ccc2c1. The summed E-state index contributed by atoms with van der Waals surface area (Å²) in [6, 6.07) is 18.0. The molecule has 0 radical (unpaired) electrons. The molecule has 6 heteroatoms. The highest BCUT2D eigenvalue weighted by atomic mass is 35.5. The van der Waals surface area contributed by atoms with Crippen LogP contribution < -0.4 is 4.18 Å². The molecule has 0 N–H and O–H groups in total. The van der Waals surface area contributed by atoms with Crippen LogP contribution in [0.3, 0.4) is 0 Å². The van der Waals surface area contributed by atoms with Gasteiger partial charge in [-0.1, -0.05) is 54.1 Å². The molecule has 1 atom stereocenters. The molecule has 0 spiro atoms. The van der Waals surface area contributed by atoms with Crippen LogP contribution in [0.5, 0.6) is 5.75 Å². The Hall–Kier alpha value is -2.63. The fourth-order valence-corrected chi connectivity index (χ4v) is 4.03. The standard InChI is InChI=1S/C23H18ClFO3S/c1-29(26,27)28-21-10-6-17-12-16(2-3-18(17)13-21)19-7-11-22(23(25)14-19)15-4-8-20(24)9-5-15/h2-13,23H,14H2,1H3. The van der Waals surface area contributed by atoms with Gasteiger partial charge in [0.15, 0.2) is 0 Å². The maximum Gasteiger partial charge on any atom is 0.306 e. The van der Waals surface area contributed by atoms with Gasteiger partial charge in [0.05, 0.1) is 6.26 Å². The van der Waals surface area contributed by atoms with Gasteiger partial charge in [-0.05, 0) is 63.4 Å². The number of halogens is 2. The molecule has 0 amide bonds. The molecule has 1 aliphatic rings. The van der Waals surface area contributed by atoms with Gasteiger partial charge < -0.3 is 4.18 Å². The molecule has 0 aromatic heterocycles. The number of fused-ring (bicyclic) bond motifs is 1. The van der Waals surface area contributed by atoms with Crippen LogP contribution in [0.1, 0.15) is 17.5 Å². The zero-order valence-electron chi connectivity index (χ0n) is 15.6. The fraction of sp³-hybridized carbons (Fsp3) is 0.130. The third kappa shape index (κ3) is 4.52. The average Bonchev–Trinajstić information content (AvgIpc) is 2.67. The van der Waals surface area contributed by atoms with Crippen LogP contribution in [0.15, 0.2) is 72.8 Å². The van der Waals surface area contributed by atoms with Gasteiger partial charge in [-0.15, -0.1) is 0 Å². The van der Waals surface area contributed by atoms with Crippen LogP contribution in [-0.2, 0) is 10.1 Å². The lowest BCUT2D eigenvalue weighted by Crippen LogP contribution is -2.08. The van der Waals surface area contributed by atoms with E-state index in [0.29, 0.717) is 10.6 Å². The second-order valence-corrected chi connectivity index (χ2v) is 9.02. The summed E-state index contributed by atoms with van der Waals surface area (Å²) >= 11 is 5.92. The van der Waals surface area contributed by atoms with Crippen LogP contribution in [0.25, 0.3) is 21.9 Å². The van der Waals surface area contributed by atoms with Crippen molar-refractivity contribution in [2.75, 3.05) is 6.26 Å². The van der Waals surface area contributed by atoms with Crippen molar-refractivity contribution < 1.29 is 17.0 Å². The minimum absolute atomic E-state index is 0.268. The van der Waals surface area contributed by atoms with E-state index >= 15 is 0 Å². The van der Waals surface area contributed by atoms with E-state index in [-0.39, 0.29) is 12.2 Å². The van der Waals surface area contributed by atoms with Gasteiger partial charge in [-0.2, -0.15) is 8.42 Å². The Morgan fingerprint density at radius 3 is 2.28 bits per heavy atom. The van der Waals surface area contributed by atoms with Crippen molar-refractivity contribution in [2.24, 2.45) is 0 Å². The van der Waals surface area contributed by atoms with E-state index in [4.69, 9.17) is 15.8 Å². The molecule has 3 aromatic carbocycles. The number of benzene rings is 3. The summed E-state index contributed by atoms with van der Waals surface area (Å²) in [5, 5.41) is 2.39. The first-order chi connectivity index (χ1) is 13.8. The Morgan fingerprint density at radius 2 is 1.59 bits per heavy atom. The van der Waals surface area contributed by atoms with E-state index in [0.717, 1.165) is 33.7 Å². The van der Waals surface area contributed by atoms with Crippen LogP contribution >= 0.6 is 11.6 Å². The fourth-order valence-electron chi connectivity index (χ4n) is 3.45. The highest BCUT2D eigenvalue weighted by Crippen LogP contribution is 2.35. The number of hydrogen-bond acceptors (Lipinski definition) is 3. The van der Waals surface area contributed by atoms with Crippen molar-refractivity contribution in [2.45, 2.75) is 12.6 Å². The predicted molar refractivity (Wildman–Crippen MR) is 116 cm³/mol. The Bertz CT molecular complexity index is 1240. The summed E-state index contributed by atoms with van der Waals surface area (Å²) in [4.78, 5) is 0. The van der Waals surface area contributed by atoms with E-state index in [1.165, 1.54) is 0 Å². The summed E-state index contributed by atoms with van der Waals surface area (Å²) in [5.41, 5.74) is 3.32. The van der Waals surface area contributed by atoms with Crippen LogP contribution in [0.4, 0.5) is 4.39 Å². The zero-order valence-corrected chi connectivity index (χ0v) is 17.2. The number of allylic oxidation sites excluding steroid dienone is 4. The molecule has 0 bridgehead atoms. The first kappa shape index (κ1) is 19.7. The Balaban J connectivity index is 1.64. The first-order valence-corrected chi connectivity index (χ1v) is 11.2. The molecule has 0 heterocycles. The smallest absolute Gasteiger partial charge is 0.306 e. The van der Waals surface area contributed by atoms with E-state index in [9.17, 15) is 12.8 Å². The highest BCUT2D eigenvalue weighted by Gasteiger charge is 2.21. The summed E-state index contributed by atoms with van der Waals surface area (Å²) in [6.07, 6.45) is 3.96. The monoisotopic (exact) mass is 428 g/mol. The van der Waals surface area contributed by atoms with Crippen molar-refractivity contribution in [1.82, 2.24) is 0 Å². The van der Waals surface area contributed by atoms with Crippen molar-refractivity contribution in [3.8, 4) is 5.75 Å². The van der Waals surface area contributed by atoms with E-state index in [2.05, 4.69) is 0 Å². The lowest BCUT2D eigenvalue weighted by molar-refractivity contribution is 0.418. The second-order valence-electron chi connectivity index (χ2n) is 7.00.